The first kappa shape index (κ1) is 27.7. The van der Waals surface area contributed by atoms with Crippen LogP contribution in [-0.2, 0) is 9.59 Å². The van der Waals surface area contributed by atoms with Gasteiger partial charge in [-0.1, -0.05) is 87.1 Å². The predicted octanol–water partition coefficient (Wildman–Crippen LogP) is 6.94. The first-order valence-electron chi connectivity index (χ1n) is 14.4. The van der Waals surface area contributed by atoms with Crippen LogP contribution in [0.4, 0.5) is 0 Å². The van der Waals surface area contributed by atoms with Crippen molar-refractivity contribution >= 4 is 23.2 Å². The van der Waals surface area contributed by atoms with Crippen molar-refractivity contribution in [3.63, 3.8) is 0 Å². The number of amides is 2. The molecular formula is C32H42N4O2. The van der Waals surface area contributed by atoms with Crippen molar-refractivity contribution in [1.29, 1.82) is 0 Å². The zero-order valence-corrected chi connectivity index (χ0v) is 23.0. The number of hydrogen-bond donors (Lipinski definition) is 2. The van der Waals surface area contributed by atoms with Crippen LogP contribution in [0.5, 0.6) is 0 Å². The highest BCUT2D eigenvalue weighted by atomic mass is 16.2. The smallest absolute Gasteiger partial charge is 0.240 e. The Morgan fingerprint density at radius 1 is 0.605 bits per heavy atom. The molecule has 2 aliphatic carbocycles. The summed E-state index contributed by atoms with van der Waals surface area (Å²) in [6, 6.07) is 17.0. The third-order valence-electron chi connectivity index (χ3n) is 8.09. The van der Waals surface area contributed by atoms with E-state index in [2.05, 4.69) is 69.6 Å². The second-order valence-corrected chi connectivity index (χ2v) is 10.9. The fraction of sp³-hybridized carbons (Fsp3) is 0.500. The lowest BCUT2D eigenvalue weighted by atomic mass is 9.84. The number of hydrogen-bond acceptors (Lipinski definition) is 4. The van der Waals surface area contributed by atoms with Crippen molar-refractivity contribution in [2.45, 2.75) is 103 Å². The summed E-state index contributed by atoms with van der Waals surface area (Å²) < 4.78 is 0. The molecule has 2 amide bonds. The second kappa shape index (κ2) is 14.0. The summed E-state index contributed by atoms with van der Waals surface area (Å²) in [4.78, 5) is 24.5. The molecule has 202 valence electrons. The van der Waals surface area contributed by atoms with E-state index in [1.54, 1.807) is 0 Å². The van der Waals surface area contributed by atoms with E-state index in [4.69, 9.17) is 0 Å². The Balaban J connectivity index is 1.19. The van der Waals surface area contributed by atoms with Crippen LogP contribution in [0.1, 0.15) is 125 Å². The number of nitrogens with zero attached hydrogens (tertiary/aromatic N) is 2. The minimum absolute atomic E-state index is 0.0495. The van der Waals surface area contributed by atoms with Crippen molar-refractivity contribution in [3.05, 3.63) is 70.8 Å². The maximum absolute atomic E-state index is 12.2. The molecule has 0 saturated heterocycles. The molecule has 0 bridgehead atoms. The van der Waals surface area contributed by atoms with E-state index in [0.29, 0.717) is 11.8 Å². The fourth-order valence-corrected chi connectivity index (χ4v) is 5.63. The Morgan fingerprint density at radius 3 is 1.29 bits per heavy atom. The van der Waals surface area contributed by atoms with Gasteiger partial charge in [-0.2, -0.15) is 10.2 Å². The van der Waals surface area contributed by atoms with E-state index in [-0.39, 0.29) is 24.7 Å². The number of nitrogens with one attached hydrogen (secondary N) is 2. The Kier molecular flexibility index (Phi) is 10.2. The van der Waals surface area contributed by atoms with Crippen molar-refractivity contribution < 1.29 is 9.59 Å². The SMILES string of the molecule is CC(=NNC(=O)CCC(=O)NN=C(C)c1ccc(C2CCCCC2)cc1)c1ccc(C2CCCCC2)cc1. The van der Waals surface area contributed by atoms with E-state index < -0.39 is 0 Å². The van der Waals surface area contributed by atoms with Crippen molar-refractivity contribution in [2.24, 2.45) is 10.2 Å². The van der Waals surface area contributed by atoms with Gasteiger partial charge in [0.15, 0.2) is 0 Å². The van der Waals surface area contributed by atoms with Gasteiger partial charge in [-0.25, -0.2) is 10.9 Å². The Hall–Kier alpha value is -3.28. The molecule has 2 fully saturated rings. The van der Waals surface area contributed by atoms with Gasteiger partial charge in [0, 0.05) is 12.8 Å². The van der Waals surface area contributed by atoms with E-state index in [9.17, 15) is 9.59 Å². The molecule has 38 heavy (non-hydrogen) atoms. The number of benzene rings is 2. The highest BCUT2D eigenvalue weighted by Gasteiger charge is 2.16. The molecule has 0 radical (unpaired) electrons. The molecule has 0 atom stereocenters. The molecule has 0 heterocycles. The average molecular weight is 515 g/mol. The lowest BCUT2D eigenvalue weighted by Gasteiger charge is -2.22. The molecule has 0 aromatic heterocycles. The maximum Gasteiger partial charge on any atom is 0.240 e. The van der Waals surface area contributed by atoms with E-state index in [0.717, 1.165) is 22.6 Å². The highest BCUT2D eigenvalue weighted by Crippen LogP contribution is 2.33. The summed E-state index contributed by atoms with van der Waals surface area (Å²) in [6.45, 7) is 3.75. The fourth-order valence-electron chi connectivity index (χ4n) is 5.63. The van der Waals surface area contributed by atoms with E-state index >= 15 is 0 Å². The summed E-state index contributed by atoms with van der Waals surface area (Å²) in [7, 11) is 0. The molecule has 2 N–H and O–H groups in total. The first-order valence-corrected chi connectivity index (χ1v) is 14.4. The molecule has 2 aromatic carbocycles. The van der Waals surface area contributed by atoms with E-state index in [1.807, 2.05) is 13.8 Å². The molecule has 6 heteroatoms. The summed E-state index contributed by atoms with van der Waals surface area (Å²) >= 11 is 0. The Bertz CT molecular complexity index is 1030. The van der Waals surface area contributed by atoms with Gasteiger partial charge in [-0.05, 0) is 73.6 Å². The lowest BCUT2D eigenvalue weighted by Crippen LogP contribution is -2.24. The third-order valence-corrected chi connectivity index (χ3v) is 8.09. The van der Waals surface area contributed by atoms with Crippen LogP contribution in [0, 0.1) is 0 Å². The molecule has 0 spiro atoms. The van der Waals surface area contributed by atoms with Crippen molar-refractivity contribution in [2.75, 3.05) is 0 Å². The molecule has 2 aromatic rings. The zero-order chi connectivity index (χ0) is 26.7. The van der Waals surface area contributed by atoms with Crippen LogP contribution in [0.15, 0.2) is 58.7 Å². The minimum Gasteiger partial charge on any atom is -0.273 e. The topological polar surface area (TPSA) is 82.9 Å². The molecule has 6 nitrogen and oxygen atoms in total. The summed E-state index contributed by atoms with van der Waals surface area (Å²) in [5, 5.41) is 8.45. The van der Waals surface area contributed by atoms with Gasteiger partial charge in [0.1, 0.15) is 0 Å². The predicted molar refractivity (Wildman–Crippen MR) is 154 cm³/mol. The Morgan fingerprint density at radius 2 is 0.947 bits per heavy atom. The normalized spacial score (nSPS) is 17.7. The number of hydrazone groups is 2. The van der Waals surface area contributed by atoms with Crippen LogP contribution >= 0.6 is 0 Å². The maximum atomic E-state index is 12.2. The lowest BCUT2D eigenvalue weighted by molar-refractivity contribution is -0.126. The van der Waals surface area contributed by atoms with Crippen LogP contribution < -0.4 is 10.9 Å². The molecule has 2 aliphatic rings. The van der Waals surface area contributed by atoms with Crippen LogP contribution in [0.25, 0.3) is 0 Å². The van der Waals surface area contributed by atoms with Crippen molar-refractivity contribution in [1.82, 2.24) is 10.9 Å². The molecule has 0 aliphatic heterocycles. The second-order valence-electron chi connectivity index (χ2n) is 10.9. The molecule has 2 saturated carbocycles. The minimum atomic E-state index is -0.294. The van der Waals surface area contributed by atoms with Gasteiger partial charge < -0.3 is 0 Å². The van der Waals surface area contributed by atoms with Gasteiger partial charge in [-0.3, -0.25) is 9.59 Å². The number of carbonyl (C=O) groups is 2. The van der Waals surface area contributed by atoms with Gasteiger partial charge >= 0.3 is 0 Å². The number of rotatable bonds is 9. The molecule has 4 rings (SSSR count). The number of carbonyl (C=O) groups excluding carboxylic acids is 2. The van der Waals surface area contributed by atoms with Crippen LogP contribution in [0.3, 0.4) is 0 Å². The zero-order valence-electron chi connectivity index (χ0n) is 23.0. The van der Waals surface area contributed by atoms with Crippen LogP contribution in [-0.4, -0.2) is 23.2 Å². The van der Waals surface area contributed by atoms with Crippen LogP contribution in [0.2, 0.25) is 0 Å². The first-order chi connectivity index (χ1) is 18.5. The monoisotopic (exact) mass is 514 g/mol. The quantitative estimate of drug-likeness (QED) is 0.281. The standard InChI is InChI=1S/C32H42N4O2/c1-23(25-13-17-29(18-14-25)27-9-5-3-6-10-27)33-35-31(37)21-22-32(38)36-34-24(2)26-15-19-30(20-16-26)28-11-7-4-8-12-28/h13-20,27-28H,3-12,21-22H2,1-2H3,(H,35,37)(H,36,38). The van der Waals surface area contributed by atoms with Crippen molar-refractivity contribution in [3.8, 4) is 0 Å². The Labute approximate surface area is 227 Å². The largest absolute Gasteiger partial charge is 0.273 e. The van der Waals surface area contributed by atoms with Gasteiger partial charge in [0.25, 0.3) is 0 Å². The average Bonchev–Trinajstić information content (AvgIpc) is 2.98. The highest BCUT2D eigenvalue weighted by molar-refractivity contribution is 6.00. The van der Waals surface area contributed by atoms with Gasteiger partial charge in [0.05, 0.1) is 11.4 Å². The van der Waals surface area contributed by atoms with Gasteiger partial charge in [-0.15, -0.1) is 0 Å². The third kappa shape index (κ3) is 8.11. The molecule has 0 unspecified atom stereocenters. The summed E-state index contributed by atoms with van der Waals surface area (Å²) in [5.74, 6) is 0.747. The summed E-state index contributed by atoms with van der Waals surface area (Å²) in [5.41, 5.74) is 11.4. The van der Waals surface area contributed by atoms with E-state index in [1.165, 1.54) is 75.3 Å². The molecular weight excluding hydrogens is 472 g/mol. The summed E-state index contributed by atoms with van der Waals surface area (Å²) in [6.07, 6.45) is 13.2. The van der Waals surface area contributed by atoms with Gasteiger partial charge in [0.2, 0.25) is 11.8 Å².